The number of rotatable bonds is 6. The summed E-state index contributed by atoms with van der Waals surface area (Å²) < 4.78 is 0. The summed E-state index contributed by atoms with van der Waals surface area (Å²) in [7, 11) is 2.14. The first-order valence-electron chi connectivity index (χ1n) is 5.58. The normalized spacial score (nSPS) is 12.9. The highest BCUT2D eigenvalue weighted by Gasteiger charge is 2.17. The van der Waals surface area contributed by atoms with Gasteiger partial charge in [-0.25, -0.2) is 0 Å². The predicted molar refractivity (Wildman–Crippen MR) is 63.2 cm³/mol. The number of nitrogens with zero attached hydrogens (tertiary/aromatic N) is 1. The third kappa shape index (κ3) is 5.58. The van der Waals surface area contributed by atoms with E-state index in [0.29, 0.717) is 18.1 Å². The first kappa shape index (κ1) is 13.9. The van der Waals surface area contributed by atoms with Crippen LogP contribution in [0.5, 0.6) is 0 Å². The summed E-state index contributed by atoms with van der Waals surface area (Å²) in [6.07, 6.45) is 0.259. The molecule has 0 radical (unpaired) electrons. The van der Waals surface area contributed by atoms with E-state index in [1.165, 1.54) is 0 Å². The average Bonchev–Trinajstić information content (AvgIpc) is 1.99. The Morgan fingerprint density at radius 3 is 1.36 bits per heavy atom. The van der Waals surface area contributed by atoms with Crippen molar-refractivity contribution in [1.82, 2.24) is 15.5 Å². The molecule has 0 aromatic carbocycles. The van der Waals surface area contributed by atoms with Crippen LogP contribution in [-0.2, 0) is 0 Å². The molecule has 0 aliphatic carbocycles. The van der Waals surface area contributed by atoms with Crippen LogP contribution in [0, 0.1) is 0 Å². The molecule has 3 heteroatoms. The summed E-state index contributed by atoms with van der Waals surface area (Å²) in [5, 5.41) is 7.01. The van der Waals surface area contributed by atoms with Crippen molar-refractivity contribution in [2.75, 3.05) is 7.05 Å². The van der Waals surface area contributed by atoms with Gasteiger partial charge in [-0.2, -0.15) is 0 Å². The third-order valence-corrected chi connectivity index (χ3v) is 2.20. The molecule has 0 saturated heterocycles. The van der Waals surface area contributed by atoms with Crippen LogP contribution in [-0.4, -0.2) is 36.4 Å². The van der Waals surface area contributed by atoms with Gasteiger partial charge in [0.25, 0.3) is 0 Å². The molecule has 0 aliphatic heterocycles. The Bertz CT molecular complexity index is 133. The molecule has 0 rings (SSSR count). The van der Waals surface area contributed by atoms with Gasteiger partial charge in [0.1, 0.15) is 6.29 Å². The molecule has 2 N–H and O–H groups in total. The second-order valence-electron chi connectivity index (χ2n) is 4.80. The van der Waals surface area contributed by atoms with E-state index in [-0.39, 0.29) is 6.29 Å². The summed E-state index contributed by atoms with van der Waals surface area (Å²) in [6, 6.07) is 1.53. The van der Waals surface area contributed by atoms with E-state index >= 15 is 0 Å². The molecule has 3 nitrogen and oxygen atoms in total. The van der Waals surface area contributed by atoms with Crippen LogP contribution in [0.4, 0.5) is 0 Å². The van der Waals surface area contributed by atoms with Gasteiger partial charge >= 0.3 is 0 Å². The lowest BCUT2D eigenvalue weighted by Gasteiger charge is -2.35. The van der Waals surface area contributed by atoms with Crippen LogP contribution in [0.2, 0.25) is 0 Å². The van der Waals surface area contributed by atoms with Crippen molar-refractivity contribution in [2.24, 2.45) is 0 Å². The molecular formula is C11H27N3. The van der Waals surface area contributed by atoms with Crippen LogP contribution in [0.3, 0.4) is 0 Å². The minimum atomic E-state index is 0.259. The second kappa shape index (κ2) is 6.38. The Balaban J connectivity index is 4.22. The van der Waals surface area contributed by atoms with Crippen LogP contribution in [0.1, 0.15) is 41.5 Å². The highest BCUT2D eigenvalue weighted by molar-refractivity contribution is 4.71. The zero-order chi connectivity index (χ0) is 11.3. The molecule has 0 aromatic rings. The zero-order valence-electron chi connectivity index (χ0n) is 10.8. The Morgan fingerprint density at radius 2 is 1.14 bits per heavy atom. The Morgan fingerprint density at radius 1 is 0.786 bits per heavy atom. The van der Waals surface area contributed by atoms with Crippen molar-refractivity contribution in [3.63, 3.8) is 0 Å². The van der Waals surface area contributed by atoms with Crippen LogP contribution < -0.4 is 10.6 Å². The lowest BCUT2D eigenvalue weighted by molar-refractivity contribution is 0.117. The first-order chi connectivity index (χ1) is 6.34. The summed E-state index contributed by atoms with van der Waals surface area (Å²) in [6.45, 7) is 13.1. The molecule has 0 bridgehead atoms. The fourth-order valence-electron chi connectivity index (χ4n) is 1.21. The van der Waals surface area contributed by atoms with Crippen molar-refractivity contribution < 1.29 is 0 Å². The molecule has 0 fully saturated rings. The monoisotopic (exact) mass is 201 g/mol. The molecular weight excluding hydrogens is 174 g/mol. The van der Waals surface area contributed by atoms with E-state index in [4.69, 9.17) is 0 Å². The van der Waals surface area contributed by atoms with Gasteiger partial charge in [-0.1, -0.05) is 0 Å². The van der Waals surface area contributed by atoms with E-state index in [2.05, 4.69) is 64.1 Å². The molecule has 0 unspecified atom stereocenters. The van der Waals surface area contributed by atoms with Crippen molar-refractivity contribution in [1.29, 1.82) is 0 Å². The van der Waals surface area contributed by atoms with Gasteiger partial charge < -0.3 is 0 Å². The summed E-state index contributed by atoms with van der Waals surface area (Å²) >= 11 is 0. The third-order valence-electron chi connectivity index (χ3n) is 2.20. The van der Waals surface area contributed by atoms with Gasteiger partial charge in [-0.05, 0) is 48.6 Å². The second-order valence-corrected chi connectivity index (χ2v) is 4.80. The number of hydrogen-bond acceptors (Lipinski definition) is 3. The smallest absolute Gasteiger partial charge is 0.114 e. The van der Waals surface area contributed by atoms with Gasteiger partial charge in [-0.3, -0.25) is 15.5 Å². The Kier molecular flexibility index (Phi) is 6.33. The molecule has 0 aliphatic rings. The fourth-order valence-corrected chi connectivity index (χ4v) is 1.21. The van der Waals surface area contributed by atoms with E-state index < -0.39 is 0 Å². The molecule has 86 valence electrons. The minimum absolute atomic E-state index is 0.259. The van der Waals surface area contributed by atoms with Crippen molar-refractivity contribution in [2.45, 2.75) is 66.0 Å². The maximum atomic E-state index is 3.51. The van der Waals surface area contributed by atoms with Gasteiger partial charge in [0.05, 0.1) is 0 Å². The quantitative estimate of drug-likeness (QED) is 0.639. The maximum Gasteiger partial charge on any atom is 0.114 e. The Labute approximate surface area is 89.2 Å². The Hall–Kier alpha value is -0.120. The van der Waals surface area contributed by atoms with Crippen molar-refractivity contribution in [3.8, 4) is 0 Å². The van der Waals surface area contributed by atoms with E-state index in [9.17, 15) is 0 Å². The van der Waals surface area contributed by atoms with Crippen LogP contribution in [0.25, 0.3) is 0 Å². The van der Waals surface area contributed by atoms with Gasteiger partial charge in [0.15, 0.2) is 0 Å². The first-order valence-corrected chi connectivity index (χ1v) is 5.58. The van der Waals surface area contributed by atoms with E-state index in [1.807, 2.05) is 0 Å². The molecule has 0 heterocycles. The molecule has 0 atom stereocenters. The lowest BCUT2D eigenvalue weighted by atomic mass is 10.3. The highest BCUT2D eigenvalue weighted by atomic mass is 15.4. The maximum absolute atomic E-state index is 3.51. The zero-order valence-corrected chi connectivity index (χ0v) is 10.8. The summed E-state index contributed by atoms with van der Waals surface area (Å²) in [5.74, 6) is 0. The van der Waals surface area contributed by atoms with Gasteiger partial charge in [-0.15, -0.1) is 0 Å². The lowest BCUT2D eigenvalue weighted by Crippen LogP contribution is -2.58. The van der Waals surface area contributed by atoms with E-state index in [1.54, 1.807) is 0 Å². The largest absolute Gasteiger partial charge is 0.287 e. The summed E-state index contributed by atoms with van der Waals surface area (Å²) in [5.41, 5.74) is 0. The van der Waals surface area contributed by atoms with E-state index in [0.717, 1.165) is 0 Å². The van der Waals surface area contributed by atoms with Gasteiger partial charge in [0, 0.05) is 18.1 Å². The molecule has 0 saturated carbocycles. The van der Waals surface area contributed by atoms with Crippen molar-refractivity contribution in [3.05, 3.63) is 0 Å². The fraction of sp³-hybridized carbons (Fsp3) is 1.00. The topological polar surface area (TPSA) is 27.3 Å². The highest BCUT2D eigenvalue weighted by Crippen LogP contribution is 1.99. The van der Waals surface area contributed by atoms with Crippen LogP contribution >= 0.6 is 0 Å². The number of hydrogen-bond donors (Lipinski definition) is 2. The standard InChI is InChI=1S/C11H27N3/c1-8(2)12-11(13-9(3)4)14(7)10(5)6/h8-13H,1-7H3. The molecule has 0 spiro atoms. The van der Waals surface area contributed by atoms with Gasteiger partial charge in [0.2, 0.25) is 0 Å². The summed E-state index contributed by atoms with van der Waals surface area (Å²) in [4.78, 5) is 2.31. The van der Waals surface area contributed by atoms with Crippen LogP contribution in [0.15, 0.2) is 0 Å². The SMILES string of the molecule is CC(C)NC(NC(C)C)N(C)C(C)C. The minimum Gasteiger partial charge on any atom is -0.287 e. The number of nitrogens with one attached hydrogen (secondary N) is 2. The average molecular weight is 201 g/mol. The van der Waals surface area contributed by atoms with Crippen molar-refractivity contribution >= 4 is 0 Å². The molecule has 0 aromatic heterocycles. The molecule has 0 amide bonds. The predicted octanol–water partition coefficient (Wildman–Crippen LogP) is 1.61. The molecule has 14 heavy (non-hydrogen) atoms.